The summed E-state index contributed by atoms with van der Waals surface area (Å²) >= 11 is 12.2. The van der Waals surface area contributed by atoms with E-state index in [1.807, 2.05) is 0 Å². The van der Waals surface area contributed by atoms with Gasteiger partial charge in [-0.25, -0.2) is 9.79 Å². The van der Waals surface area contributed by atoms with Crippen LogP contribution in [0.1, 0.15) is 11.1 Å². The first-order valence-electron chi connectivity index (χ1n) is 7.23. The van der Waals surface area contributed by atoms with Crippen LogP contribution >= 0.6 is 23.2 Å². The summed E-state index contributed by atoms with van der Waals surface area (Å²) in [6, 6.07) is 10.3. The van der Waals surface area contributed by atoms with E-state index in [2.05, 4.69) is 4.99 Å². The first-order valence-corrected chi connectivity index (χ1v) is 7.98. The summed E-state index contributed by atoms with van der Waals surface area (Å²) in [5, 5.41) is 0.626. The van der Waals surface area contributed by atoms with Crippen LogP contribution in [0.5, 0.6) is 11.5 Å². The van der Waals surface area contributed by atoms with Crippen LogP contribution in [0.25, 0.3) is 6.08 Å². The SMILES string of the molecule is COc1cccc(C=C2N=C(c3cccc(Cl)c3Cl)OC2=O)c1OC. The highest BCUT2D eigenvalue weighted by molar-refractivity contribution is 6.44. The molecule has 2 aromatic carbocycles. The average Bonchev–Trinajstić information content (AvgIpc) is 2.97. The van der Waals surface area contributed by atoms with Crippen LogP contribution in [0.15, 0.2) is 47.1 Å². The molecule has 0 atom stereocenters. The molecule has 3 rings (SSSR count). The highest BCUT2D eigenvalue weighted by Crippen LogP contribution is 2.34. The number of halogens is 2. The van der Waals surface area contributed by atoms with Gasteiger partial charge in [0.05, 0.1) is 29.8 Å². The van der Waals surface area contributed by atoms with Crippen LogP contribution in [-0.2, 0) is 9.53 Å². The van der Waals surface area contributed by atoms with Crippen molar-refractivity contribution in [3.05, 3.63) is 63.3 Å². The summed E-state index contributed by atoms with van der Waals surface area (Å²) in [7, 11) is 3.06. The zero-order valence-corrected chi connectivity index (χ0v) is 14.9. The van der Waals surface area contributed by atoms with E-state index in [0.717, 1.165) is 0 Å². The molecular weight excluding hydrogens is 365 g/mol. The van der Waals surface area contributed by atoms with Gasteiger partial charge in [0.2, 0.25) is 5.90 Å². The number of hydrogen-bond donors (Lipinski definition) is 0. The quantitative estimate of drug-likeness (QED) is 0.586. The first kappa shape index (κ1) is 17.3. The second-order valence-corrected chi connectivity index (χ2v) is 5.81. The topological polar surface area (TPSA) is 57.1 Å². The van der Waals surface area contributed by atoms with Gasteiger partial charge in [0, 0.05) is 5.56 Å². The maximum absolute atomic E-state index is 12.2. The zero-order valence-electron chi connectivity index (χ0n) is 13.4. The number of rotatable bonds is 4. The predicted molar refractivity (Wildman–Crippen MR) is 96.6 cm³/mol. The number of carbonyl (C=O) groups is 1. The number of esters is 1. The van der Waals surface area contributed by atoms with Gasteiger partial charge >= 0.3 is 5.97 Å². The van der Waals surface area contributed by atoms with E-state index in [-0.39, 0.29) is 16.6 Å². The molecule has 1 heterocycles. The Labute approximate surface area is 154 Å². The van der Waals surface area contributed by atoms with Gasteiger partial charge in [-0.3, -0.25) is 0 Å². The van der Waals surface area contributed by atoms with Crippen molar-refractivity contribution < 1.29 is 19.0 Å². The van der Waals surface area contributed by atoms with Crippen LogP contribution in [0.2, 0.25) is 10.0 Å². The molecular formula is C18H13Cl2NO4. The van der Waals surface area contributed by atoms with Gasteiger partial charge in [0.1, 0.15) is 0 Å². The number of ether oxygens (including phenoxy) is 3. The summed E-state index contributed by atoms with van der Waals surface area (Å²) in [5.74, 6) is 0.557. The molecule has 0 unspecified atom stereocenters. The highest BCUT2D eigenvalue weighted by atomic mass is 35.5. The summed E-state index contributed by atoms with van der Waals surface area (Å²) in [6.45, 7) is 0. The monoisotopic (exact) mass is 377 g/mol. The Bertz CT molecular complexity index is 906. The highest BCUT2D eigenvalue weighted by Gasteiger charge is 2.26. The largest absolute Gasteiger partial charge is 0.493 e. The lowest BCUT2D eigenvalue weighted by molar-refractivity contribution is -0.129. The summed E-state index contributed by atoms with van der Waals surface area (Å²) in [4.78, 5) is 16.4. The molecule has 1 aliphatic rings. The molecule has 0 fully saturated rings. The Morgan fingerprint density at radius 1 is 1.08 bits per heavy atom. The standard InChI is InChI=1S/C18H13Cl2NO4/c1-23-14-8-3-5-10(16(14)24-2)9-13-18(22)25-17(21-13)11-6-4-7-12(19)15(11)20/h3-9H,1-2H3. The molecule has 2 aromatic rings. The van der Waals surface area contributed by atoms with Crippen LogP contribution in [0.4, 0.5) is 0 Å². The van der Waals surface area contributed by atoms with Crippen LogP contribution < -0.4 is 9.47 Å². The molecule has 0 spiro atoms. The lowest BCUT2D eigenvalue weighted by atomic mass is 10.1. The minimum absolute atomic E-state index is 0.102. The van der Waals surface area contributed by atoms with Gasteiger partial charge in [-0.1, -0.05) is 41.4 Å². The molecule has 0 aliphatic carbocycles. The van der Waals surface area contributed by atoms with E-state index >= 15 is 0 Å². The predicted octanol–water partition coefficient (Wildman–Crippen LogP) is 4.36. The van der Waals surface area contributed by atoms with Crippen molar-refractivity contribution in [1.29, 1.82) is 0 Å². The van der Waals surface area contributed by atoms with Crippen LogP contribution in [0, 0.1) is 0 Å². The number of carbonyl (C=O) groups excluding carboxylic acids is 1. The summed E-state index contributed by atoms with van der Waals surface area (Å²) in [5.41, 5.74) is 1.21. The first-order chi connectivity index (χ1) is 12.0. The number of aliphatic imine (C=N–C) groups is 1. The Morgan fingerprint density at radius 2 is 1.84 bits per heavy atom. The molecule has 0 amide bonds. The van der Waals surface area contributed by atoms with Crippen LogP contribution in [0.3, 0.4) is 0 Å². The van der Waals surface area contributed by atoms with E-state index < -0.39 is 5.97 Å². The molecule has 1 aliphatic heterocycles. The van der Waals surface area contributed by atoms with E-state index in [9.17, 15) is 4.79 Å². The minimum atomic E-state index is -0.587. The third-order valence-corrected chi connectivity index (χ3v) is 4.35. The van der Waals surface area contributed by atoms with E-state index in [4.69, 9.17) is 37.4 Å². The molecule has 0 aromatic heterocycles. The average molecular weight is 378 g/mol. The number of nitrogens with zero attached hydrogens (tertiary/aromatic N) is 1. The smallest absolute Gasteiger partial charge is 0.363 e. The molecule has 0 saturated heterocycles. The van der Waals surface area contributed by atoms with E-state index in [1.54, 1.807) is 42.5 Å². The Hall–Kier alpha value is -2.50. The third-order valence-electron chi connectivity index (χ3n) is 3.53. The van der Waals surface area contributed by atoms with Crippen molar-refractivity contribution in [3.8, 4) is 11.5 Å². The number of cyclic esters (lactones) is 1. The lowest BCUT2D eigenvalue weighted by Crippen LogP contribution is -2.06. The van der Waals surface area contributed by atoms with Crippen molar-refractivity contribution in [3.63, 3.8) is 0 Å². The fraction of sp³-hybridized carbons (Fsp3) is 0.111. The maximum atomic E-state index is 12.2. The second-order valence-electron chi connectivity index (χ2n) is 5.02. The van der Waals surface area contributed by atoms with Crippen molar-refractivity contribution in [2.75, 3.05) is 14.2 Å². The second kappa shape index (κ2) is 7.17. The molecule has 7 heteroatoms. The molecule has 25 heavy (non-hydrogen) atoms. The molecule has 0 saturated carbocycles. The van der Waals surface area contributed by atoms with Gasteiger partial charge in [-0.05, 0) is 24.3 Å². The number of benzene rings is 2. The van der Waals surface area contributed by atoms with Gasteiger partial charge in [-0.15, -0.1) is 0 Å². The third kappa shape index (κ3) is 3.34. The fourth-order valence-corrected chi connectivity index (χ4v) is 2.75. The van der Waals surface area contributed by atoms with Gasteiger partial charge < -0.3 is 14.2 Å². The minimum Gasteiger partial charge on any atom is -0.493 e. The molecule has 0 bridgehead atoms. The van der Waals surface area contributed by atoms with Crippen molar-refractivity contribution in [1.82, 2.24) is 0 Å². The lowest BCUT2D eigenvalue weighted by Gasteiger charge is -2.09. The van der Waals surface area contributed by atoms with E-state index in [0.29, 0.717) is 27.6 Å². The normalized spacial score (nSPS) is 15.1. The van der Waals surface area contributed by atoms with E-state index in [1.165, 1.54) is 14.2 Å². The fourth-order valence-electron chi connectivity index (χ4n) is 2.37. The Kier molecular flexibility index (Phi) is 4.97. The van der Waals surface area contributed by atoms with Gasteiger partial charge in [0.15, 0.2) is 17.2 Å². The molecule has 0 radical (unpaired) electrons. The zero-order chi connectivity index (χ0) is 18.0. The number of para-hydroxylation sites is 1. The van der Waals surface area contributed by atoms with Gasteiger partial charge in [-0.2, -0.15) is 0 Å². The van der Waals surface area contributed by atoms with Crippen molar-refractivity contribution in [2.24, 2.45) is 4.99 Å². The molecule has 128 valence electrons. The van der Waals surface area contributed by atoms with Crippen molar-refractivity contribution in [2.45, 2.75) is 0 Å². The van der Waals surface area contributed by atoms with Crippen LogP contribution in [-0.4, -0.2) is 26.1 Å². The number of methoxy groups -OCH3 is 2. The molecule has 5 nitrogen and oxygen atoms in total. The maximum Gasteiger partial charge on any atom is 0.363 e. The Morgan fingerprint density at radius 3 is 2.56 bits per heavy atom. The summed E-state index contributed by atoms with van der Waals surface area (Å²) < 4.78 is 15.8. The molecule has 0 N–H and O–H groups in total. The van der Waals surface area contributed by atoms with Gasteiger partial charge in [0.25, 0.3) is 0 Å². The van der Waals surface area contributed by atoms with Crippen molar-refractivity contribution >= 4 is 41.1 Å². The Balaban J connectivity index is 2.04. The summed E-state index contributed by atoms with van der Waals surface area (Å²) in [6.07, 6.45) is 1.56. The number of hydrogen-bond acceptors (Lipinski definition) is 5.